The van der Waals surface area contributed by atoms with Crippen LogP contribution in [0.25, 0.3) is 0 Å². The van der Waals surface area contributed by atoms with E-state index in [2.05, 4.69) is 15.1 Å². The van der Waals surface area contributed by atoms with Crippen molar-refractivity contribution in [2.45, 2.75) is 82.3 Å². The van der Waals surface area contributed by atoms with Crippen molar-refractivity contribution in [3.8, 4) is 0 Å². The molecule has 3 unspecified atom stereocenters. The highest BCUT2D eigenvalue weighted by molar-refractivity contribution is 5.85. The summed E-state index contributed by atoms with van der Waals surface area (Å²) >= 11 is 0. The van der Waals surface area contributed by atoms with Gasteiger partial charge >= 0.3 is 0 Å². The quantitative estimate of drug-likeness (QED) is 0.798. The maximum atomic E-state index is 12.9. The van der Waals surface area contributed by atoms with E-state index < -0.39 is 0 Å². The first-order chi connectivity index (χ1) is 11.3. The van der Waals surface area contributed by atoms with E-state index in [4.69, 9.17) is 0 Å². The van der Waals surface area contributed by atoms with Crippen molar-refractivity contribution >= 4 is 30.7 Å². The van der Waals surface area contributed by atoms with E-state index in [0.717, 1.165) is 19.5 Å². The molecule has 0 aliphatic carbocycles. The number of hydrogen-bond donors (Lipinski definition) is 1. The van der Waals surface area contributed by atoms with Crippen LogP contribution < -0.4 is 5.32 Å². The molecule has 146 valence electrons. The molecule has 4 rings (SSSR count). The van der Waals surface area contributed by atoms with Gasteiger partial charge < -0.3 is 15.1 Å². The number of nitrogens with zero attached hydrogens (tertiary/aromatic N) is 2. The van der Waals surface area contributed by atoms with Gasteiger partial charge in [0.25, 0.3) is 0 Å². The Labute approximate surface area is 165 Å². The van der Waals surface area contributed by atoms with Crippen molar-refractivity contribution in [3.05, 3.63) is 0 Å². The van der Waals surface area contributed by atoms with Crippen LogP contribution in [0.3, 0.4) is 0 Å². The zero-order chi connectivity index (χ0) is 15.6. The second-order valence-electron chi connectivity index (χ2n) is 8.42. The van der Waals surface area contributed by atoms with Crippen LogP contribution in [0.4, 0.5) is 0 Å². The minimum atomic E-state index is 0. The number of carbonyl (C=O) groups is 1. The monoisotopic (exact) mass is 391 g/mol. The van der Waals surface area contributed by atoms with E-state index in [1.54, 1.807) is 0 Å². The summed E-state index contributed by atoms with van der Waals surface area (Å²) in [4.78, 5) is 17.7. The average molecular weight is 392 g/mol. The molecule has 4 heterocycles. The molecule has 0 aromatic rings. The molecule has 4 aliphatic rings. The second-order valence-corrected chi connectivity index (χ2v) is 8.42. The molecular formula is C19H35Cl2N3O. The summed E-state index contributed by atoms with van der Waals surface area (Å²) in [6.07, 6.45) is 12.4. The molecule has 0 spiro atoms. The summed E-state index contributed by atoms with van der Waals surface area (Å²) in [6.45, 7) is 4.63. The summed E-state index contributed by atoms with van der Waals surface area (Å²) in [6, 6.07) is 1.91. The van der Waals surface area contributed by atoms with Gasteiger partial charge in [0.05, 0.1) is 0 Å². The fourth-order valence-corrected chi connectivity index (χ4v) is 5.50. The summed E-state index contributed by atoms with van der Waals surface area (Å²) in [7, 11) is 0. The first kappa shape index (κ1) is 21.3. The van der Waals surface area contributed by atoms with Gasteiger partial charge in [-0.2, -0.15) is 0 Å². The van der Waals surface area contributed by atoms with Crippen LogP contribution in [0.2, 0.25) is 0 Å². The molecule has 0 radical (unpaired) electrons. The maximum Gasteiger partial charge on any atom is 0.223 e. The van der Waals surface area contributed by atoms with Gasteiger partial charge in [-0.1, -0.05) is 6.42 Å². The maximum absolute atomic E-state index is 12.9. The van der Waals surface area contributed by atoms with Gasteiger partial charge in [0.2, 0.25) is 5.91 Å². The van der Waals surface area contributed by atoms with Crippen LogP contribution in [0.15, 0.2) is 0 Å². The minimum Gasteiger partial charge on any atom is -0.338 e. The molecule has 4 nitrogen and oxygen atoms in total. The third-order valence-electron chi connectivity index (χ3n) is 6.65. The SMILES string of the molecule is Cl.Cl.O=C(CC1CC2CCC(C1)N2)N1CCCC1CN1CCCCC1. The lowest BCUT2D eigenvalue weighted by atomic mass is 9.89. The van der Waals surface area contributed by atoms with Crippen LogP contribution in [-0.4, -0.2) is 60.0 Å². The van der Waals surface area contributed by atoms with Crippen molar-refractivity contribution in [1.82, 2.24) is 15.1 Å². The zero-order valence-corrected chi connectivity index (χ0v) is 17.0. The predicted molar refractivity (Wildman–Crippen MR) is 107 cm³/mol. The predicted octanol–water partition coefficient (Wildman–Crippen LogP) is 3.23. The second kappa shape index (κ2) is 9.77. The van der Waals surface area contributed by atoms with Crippen LogP contribution in [-0.2, 0) is 4.79 Å². The highest BCUT2D eigenvalue weighted by Gasteiger charge is 2.36. The standard InChI is InChI=1S/C19H33N3O.2ClH/c23-19(13-15-11-16-6-7-17(12-15)20-16)22-10-4-5-18(22)14-21-8-2-1-3-9-21;;/h15-18,20H,1-14H2;2*1H. The molecule has 1 amide bonds. The molecule has 3 atom stereocenters. The topological polar surface area (TPSA) is 35.6 Å². The summed E-state index contributed by atoms with van der Waals surface area (Å²) in [5, 5.41) is 3.69. The molecule has 25 heavy (non-hydrogen) atoms. The van der Waals surface area contributed by atoms with E-state index in [0.29, 0.717) is 30.0 Å². The third-order valence-corrected chi connectivity index (χ3v) is 6.65. The van der Waals surface area contributed by atoms with Crippen LogP contribution in [0, 0.1) is 5.92 Å². The highest BCUT2D eigenvalue weighted by atomic mass is 35.5. The summed E-state index contributed by atoms with van der Waals surface area (Å²) < 4.78 is 0. The highest BCUT2D eigenvalue weighted by Crippen LogP contribution is 2.33. The van der Waals surface area contributed by atoms with Gasteiger partial charge in [-0.25, -0.2) is 0 Å². The first-order valence-corrected chi connectivity index (χ1v) is 10.1. The summed E-state index contributed by atoms with van der Waals surface area (Å²) in [5.41, 5.74) is 0. The molecule has 0 aromatic heterocycles. The van der Waals surface area contributed by atoms with E-state index >= 15 is 0 Å². The van der Waals surface area contributed by atoms with E-state index in [1.807, 2.05) is 0 Å². The Kier molecular flexibility index (Phi) is 8.32. The Morgan fingerprint density at radius 2 is 1.56 bits per heavy atom. The number of piperidine rings is 2. The number of nitrogens with one attached hydrogen (secondary N) is 1. The zero-order valence-electron chi connectivity index (χ0n) is 15.3. The van der Waals surface area contributed by atoms with Crippen molar-refractivity contribution in [2.24, 2.45) is 5.92 Å². The molecule has 6 heteroatoms. The number of hydrogen-bond acceptors (Lipinski definition) is 3. The lowest BCUT2D eigenvalue weighted by Crippen LogP contribution is -2.46. The number of rotatable bonds is 4. The molecule has 4 aliphatic heterocycles. The molecule has 1 N–H and O–H groups in total. The van der Waals surface area contributed by atoms with Gasteiger partial charge in [0.1, 0.15) is 0 Å². The van der Waals surface area contributed by atoms with Gasteiger partial charge in [0, 0.05) is 37.6 Å². The molecule has 4 fully saturated rings. The molecule has 2 bridgehead atoms. The van der Waals surface area contributed by atoms with Crippen molar-refractivity contribution in [3.63, 3.8) is 0 Å². The molecular weight excluding hydrogens is 357 g/mol. The largest absolute Gasteiger partial charge is 0.338 e. The Balaban J connectivity index is 0.00000113. The molecule has 0 aromatic carbocycles. The average Bonchev–Trinajstić information content (AvgIpc) is 3.15. The molecule has 4 saturated heterocycles. The lowest BCUT2D eigenvalue weighted by Gasteiger charge is -2.34. The van der Waals surface area contributed by atoms with Crippen LogP contribution in [0.1, 0.15) is 64.2 Å². The third kappa shape index (κ3) is 5.24. The fourth-order valence-electron chi connectivity index (χ4n) is 5.50. The van der Waals surface area contributed by atoms with E-state index in [-0.39, 0.29) is 24.8 Å². The van der Waals surface area contributed by atoms with Gasteiger partial charge in [-0.05, 0) is 70.4 Å². The Morgan fingerprint density at radius 1 is 0.880 bits per heavy atom. The Morgan fingerprint density at radius 3 is 2.24 bits per heavy atom. The Hall–Kier alpha value is -0.0300. The summed E-state index contributed by atoms with van der Waals surface area (Å²) in [5.74, 6) is 1.09. The number of carbonyl (C=O) groups excluding carboxylic acids is 1. The van der Waals surface area contributed by atoms with Gasteiger partial charge in [0.15, 0.2) is 0 Å². The van der Waals surface area contributed by atoms with Gasteiger partial charge in [-0.15, -0.1) is 24.8 Å². The Bertz CT molecular complexity index is 419. The van der Waals surface area contributed by atoms with Crippen molar-refractivity contribution < 1.29 is 4.79 Å². The smallest absolute Gasteiger partial charge is 0.223 e. The number of halogens is 2. The van der Waals surface area contributed by atoms with Crippen LogP contribution >= 0.6 is 24.8 Å². The van der Waals surface area contributed by atoms with Crippen molar-refractivity contribution in [2.75, 3.05) is 26.2 Å². The van der Waals surface area contributed by atoms with Gasteiger partial charge in [-0.3, -0.25) is 4.79 Å². The minimum absolute atomic E-state index is 0. The lowest BCUT2D eigenvalue weighted by molar-refractivity contribution is -0.133. The number of amides is 1. The normalized spacial score (nSPS) is 35.1. The van der Waals surface area contributed by atoms with E-state index in [9.17, 15) is 4.79 Å². The van der Waals surface area contributed by atoms with Crippen molar-refractivity contribution in [1.29, 1.82) is 0 Å². The van der Waals surface area contributed by atoms with E-state index in [1.165, 1.54) is 70.9 Å². The fraction of sp³-hybridized carbons (Fsp3) is 0.947. The first-order valence-electron chi connectivity index (χ1n) is 10.1. The molecule has 0 saturated carbocycles. The number of fused-ring (bicyclic) bond motifs is 2. The number of likely N-dealkylation sites (tertiary alicyclic amines) is 2. The van der Waals surface area contributed by atoms with Crippen LogP contribution in [0.5, 0.6) is 0 Å².